The number of rotatable bonds is 5. The minimum absolute atomic E-state index is 0.203. The molecule has 26 heavy (non-hydrogen) atoms. The molecule has 5 nitrogen and oxygen atoms in total. The zero-order chi connectivity index (χ0) is 18.4. The monoisotopic (exact) mass is 353 g/mol. The van der Waals surface area contributed by atoms with Crippen LogP contribution < -0.4 is 10.6 Å². The first kappa shape index (κ1) is 18.5. The smallest absolute Gasteiger partial charge is 0.191 e. The molecule has 1 saturated carbocycles. The van der Waals surface area contributed by atoms with Crippen molar-refractivity contribution in [3.63, 3.8) is 0 Å². The summed E-state index contributed by atoms with van der Waals surface area (Å²) in [5.41, 5.74) is 4.14. The molecule has 0 radical (unpaired) electrons. The molecule has 0 amide bonds. The minimum atomic E-state index is 0.203. The van der Waals surface area contributed by atoms with E-state index in [1.165, 1.54) is 43.2 Å². The highest BCUT2D eigenvalue weighted by molar-refractivity contribution is 5.79. The van der Waals surface area contributed by atoms with Crippen molar-refractivity contribution in [3.05, 3.63) is 53.3 Å². The zero-order valence-electron chi connectivity index (χ0n) is 16.3. The second kappa shape index (κ2) is 8.39. The zero-order valence-corrected chi connectivity index (χ0v) is 16.3. The molecule has 0 saturated heterocycles. The number of benzene rings is 1. The molecular weight excluding hydrogens is 322 g/mol. The number of aliphatic imine (C=N–C) groups is 1. The van der Waals surface area contributed by atoms with Crippen LogP contribution in [0.4, 0.5) is 0 Å². The van der Waals surface area contributed by atoms with E-state index in [-0.39, 0.29) is 5.41 Å². The Hall–Kier alpha value is -2.30. The molecule has 1 aromatic carbocycles. The summed E-state index contributed by atoms with van der Waals surface area (Å²) >= 11 is 0. The predicted octanol–water partition coefficient (Wildman–Crippen LogP) is 3.30. The second-order valence-electron chi connectivity index (χ2n) is 7.44. The van der Waals surface area contributed by atoms with Crippen LogP contribution in [0.25, 0.3) is 0 Å². The van der Waals surface area contributed by atoms with Crippen molar-refractivity contribution in [1.29, 1.82) is 0 Å². The van der Waals surface area contributed by atoms with Crippen molar-refractivity contribution < 1.29 is 0 Å². The molecule has 3 rings (SSSR count). The summed E-state index contributed by atoms with van der Waals surface area (Å²) in [7, 11) is 3.79. The maximum absolute atomic E-state index is 4.41. The van der Waals surface area contributed by atoms with Crippen molar-refractivity contribution in [2.24, 2.45) is 12.0 Å². The standard InChI is InChI=1S/C21H31N5/c1-17-8-7-9-18(14-17)21(11-5-4-6-12-21)16-24-20(22-2)23-15-19-10-13-25-26(19)3/h7-10,13-14H,4-6,11-12,15-16H2,1-3H3,(H2,22,23,24). The Kier molecular flexibility index (Phi) is 5.96. The van der Waals surface area contributed by atoms with Gasteiger partial charge in [0.05, 0.1) is 12.2 Å². The highest BCUT2D eigenvalue weighted by Crippen LogP contribution is 2.39. The fourth-order valence-corrected chi connectivity index (χ4v) is 3.99. The van der Waals surface area contributed by atoms with Crippen LogP contribution in [-0.4, -0.2) is 29.3 Å². The summed E-state index contributed by atoms with van der Waals surface area (Å²) in [6, 6.07) is 11.1. The number of nitrogens with zero attached hydrogens (tertiary/aromatic N) is 3. The van der Waals surface area contributed by atoms with Gasteiger partial charge in [-0.1, -0.05) is 49.1 Å². The Morgan fingerprint density at radius 3 is 2.65 bits per heavy atom. The summed E-state index contributed by atoms with van der Waals surface area (Å²) < 4.78 is 1.88. The molecule has 1 fully saturated rings. The van der Waals surface area contributed by atoms with E-state index >= 15 is 0 Å². The van der Waals surface area contributed by atoms with Gasteiger partial charge in [0.2, 0.25) is 0 Å². The number of nitrogens with one attached hydrogen (secondary N) is 2. The lowest BCUT2D eigenvalue weighted by Gasteiger charge is -2.38. The van der Waals surface area contributed by atoms with Crippen molar-refractivity contribution >= 4 is 5.96 Å². The van der Waals surface area contributed by atoms with E-state index < -0.39 is 0 Å². The summed E-state index contributed by atoms with van der Waals surface area (Å²) in [6.07, 6.45) is 8.25. The van der Waals surface area contributed by atoms with Crippen LogP contribution in [0.2, 0.25) is 0 Å². The number of aromatic nitrogens is 2. The van der Waals surface area contributed by atoms with Crippen LogP contribution in [0, 0.1) is 6.92 Å². The third-order valence-electron chi connectivity index (χ3n) is 5.62. The molecule has 2 N–H and O–H groups in total. The Balaban J connectivity index is 1.68. The average Bonchev–Trinajstić information content (AvgIpc) is 3.07. The van der Waals surface area contributed by atoms with Crippen molar-refractivity contribution in [2.75, 3.05) is 13.6 Å². The molecule has 0 spiro atoms. The van der Waals surface area contributed by atoms with Crippen LogP contribution in [0.3, 0.4) is 0 Å². The van der Waals surface area contributed by atoms with Crippen LogP contribution >= 0.6 is 0 Å². The van der Waals surface area contributed by atoms with Crippen molar-refractivity contribution in [3.8, 4) is 0 Å². The summed E-state index contributed by atoms with van der Waals surface area (Å²) in [6.45, 7) is 3.82. The van der Waals surface area contributed by atoms with E-state index in [0.717, 1.165) is 18.2 Å². The maximum atomic E-state index is 4.41. The Morgan fingerprint density at radius 2 is 2.00 bits per heavy atom. The molecule has 0 bridgehead atoms. The molecule has 1 aliphatic carbocycles. The Labute approximate surface area is 156 Å². The highest BCUT2D eigenvalue weighted by atomic mass is 15.3. The first-order valence-corrected chi connectivity index (χ1v) is 9.61. The number of hydrogen-bond donors (Lipinski definition) is 2. The van der Waals surface area contributed by atoms with Crippen LogP contribution in [0.1, 0.15) is 48.9 Å². The molecule has 2 aromatic rings. The molecule has 1 aromatic heterocycles. The molecule has 0 unspecified atom stereocenters. The molecule has 1 aliphatic rings. The van der Waals surface area contributed by atoms with Gasteiger partial charge in [0.1, 0.15) is 0 Å². The third-order valence-corrected chi connectivity index (χ3v) is 5.62. The lowest BCUT2D eigenvalue weighted by atomic mass is 9.69. The molecular formula is C21H31N5. The van der Waals surface area contributed by atoms with Gasteiger partial charge in [-0.2, -0.15) is 5.10 Å². The van der Waals surface area contributed by atoms with Gasteiger partial charge in [-0.25, -0.2) is 0 Å². The number of aryl methyl sites for hydroxylation is 2. The number of guanidine groups is 1. The van der Waals surface area contributed by atoms with Gasteiger partial charge in [0.25, 0.3) is 0 Å². The van der Waals surface area contributed by atoms with Crippen molar-refractivity contribution in [2.45, 2.75) is 51.0 Å². The third kappa shape index (κ3) is 4.26. The van der Waals surface area contributed by atoms with E-state index in [1.54, 1.807) is 0 Å². The topological polar surface area (TPSA) is 54.2 Å². The maximum Gasteiger partial charge on any atom is 0.191 e. The second-order valence-corrected chi connectivity index (χ2v) is 7.44. The first-order valence-electron chi connectivity index (χ1n) is 9.61. The van der Waals surface area contributed by atoms with Gasteiger partial charge >= 0.3 is 0 Å². The normalized spacial score (nSPS) is 17.1. The molecule has 0 atom stereocenters. The summed E-state index contributed by atoms with van der Waals surface area (Å²) in [4.78, 5) is 4.41. The summed E-state index contributed by atoms with van der Waals surface area (Å²) in [5.74, 6) is 0.851. The SMILES string of the molecule is CN=C(NCc1ccnn1C)NCC1(c2cccc(C)c2)CCCCC1. The van der Waals surface area contributed by atoms with Gasteiger partial charge < -0.3 is 10.6 Å². The van der Waals surface area contributed by atoms with Crippen LogP contribution in [0.15, 0.2) is 41.5 Å². The Bertz CT molecular complexity index is 740. The van der Waals surface area contributed by atoms with E-state index in [0.29, 0.717) is 6.54 Å². The van der Waals surface area contributed by atoms with E-state index in [9.17, 15) is 0 Å². The van der Waals surface area contributed by atoms with Crippen LogP contribution in [-0.2, 0) is 19.0 Å². The van der Waals surface area contributed by atoms with Crippen molar-refractivity contribution in [1.82, 2.24) is 20.4 Å². The number of hydrogen-bond acceptors (Lipinski definition) is 2. The van der Waals surface area contributed by atoms with Crippen LogP contribution in [0.5, 0.6) is 0 Å². The van der Waals surface area contributed by atoms with E-state index in [2.05, 4.69) is 51.9 Å². The highest BCUT2D eigenvalue weighted by Gasteiger charge is 2.34. The van der Waals surface area contributed by atoms with Gasteiger partial charge in [0.15, 0.2) is 5.96 Å². The fourth-order valence-electron chi connectivity index (χ4n) is 3.99. The first-order chi connectivity index (χ1) is 12.6. The molecule has 1 heterocycles. The minimum Gasteiger partial charge on any atom is -0.356 e. The fraction of sp³-hybridized carbons (Fsp3) is 0.524. The average molecular weight is 354 g/mol. The Morgan fingerprint density at radius 1 is 1.19 bits per heavy atom. The van der Waals surface area contributed by atoms with E-state index in [1.807, 2.05) is 31.0 Å². The predicted molar refractivity (Wildman–Crippen MR) is 107 cm³/mol. The molecule has 0 aliphatic heterocycles. The lowest BCUT2D eigenvalue weighted by molar-refractivity contribution is 0.291. The van der Waals surface area contributed by atoms with Gasteiger partial charge in [0, 0.05) is 32.3 Å². The lowest BCUT2D eigenvalue weighted by Crippen LogP contribution is -2.46. The quantitative estimate of drug-likeness (QED) is 0.641. The summed E-state index contributed by atoms with van der Waals surface area (Å²) in [5, 5.41) is 11.2. The van der Waals surface area contributed by atoms with Gasteiger partial charge in [-0.3, -0.25) is 9.67 Å². The van der Waals surface area contributed by atoms with E-state index in [4.69, 9.17) is 0 Å². The molecule has 5 heteroatoms. The largest absolute Gasteiger partial charge is 0.356 e. The van der Waals surface area contributed by atoms with Gasteiger partial charge in [-0.05, 0) is 31.4 Å². The molecule has 140 valence electrons. The van der Waals surface area contributed by atoms with Gasteiger partial charge in [-0.15, -0.1) is 0 Å².